The van der Waals surface area contributed by atoms with Crippen molar-refractivity contribution in [3.05, 3.63) is 36.0 Å². The Labute approximate surface area is 238 Å². The minimum Gasteiger partial charge on any atom is -0.481 e. The number of methoxy groups -OCH3 is 1. The first kappa shape index (κ1) is 25.2. The first-order chi connectivity index (χ1) is 20.0. The van der Waals surface area contributed by atoms with Crippen LogP contribution in [0.1, 0.15) is 55.8 Å². The molecule has 3 unspecified atom stereocenters. The maximum Gasteiger partial charge on any atom is 0.255 e. The van der Waals surface area contributed by atoms with Crippen LogP contribution < -0.4 is 10.5 Å². The van der Waals surface area contributed by atoms with Crippen molar-refractivity contribution in [1.29, 1.82) is 0 Å². The van der Waals surface area contributed by atoms with Crippen LogP contribution in [0.25, 0.3) is 33.7 Å². The van der Waals surface area contributed by atoms with Crippen LogP contribution in [0.3, 0.4) is 0 Å². The van der Waals surface area contributed by atoms with Crippen molar-refractivity contribution in [3.63, 3.8) is 0 Å². The maximum absolute atomic E-state index is 13.6. The lowest BCUT2D eigenvalue weighted by Gasteiger charge is -2.44. The Morgan fingerprint density at radius 1 is 1.17 bits per heavy atom. The molecule has 8 rings (SSSR count). The summed E-state index contributed by atoms with van der Waals surface area (Å²) in [4.78, 5) is 30.3. The summed E-state index contributed by atoms with van der Waals surface area (Å²) in [5.41, 5.74) is 10.5. The van der Waals surface area contributed by atoms with Crippen molar-refractivity contribution in [2.45, 2.75) is 76.2 Å². The van der Waals surface area contributed by atoms with Gasteiger partial charge in [0.25, 0.3) is 5.91 Å². The van der Waals surface area contributed by atoms with E-state index in [0.29, 0.717) is 23.3 Å². The minimum atomic E-state index is 0.0106. The molecular formula is C31H37N7O3. The number of carbonyl (C=O) groups excluding carboxylic acids is 1. The van der Waals surface area contributed by atoms with E-state index in [0.717, 1.165) is 98.5 Å². The van der Waals surface area contributed by atoms with E-state index in [2.05, 4.69) is 22.1 Å². The number of nitrogens with two attached hydrogens (primary N) is 1. The number of amides is 1. The van der Waals surface area contributed by atoms with E-state index in [-0.39, 0.29) is 23.6 Å². The van der Waals surface area contributed by atoms with Crippen molar-refractivity contribution in [3.8, 4) is 17.4 Å². The molecule has 2 saturated heterocycles. The summed E-state index contributed by atoms with van der Waals surface area (Å²) < 4.78 is 16.0. The predicted octanol–water partition coefficient (Wildman–Crippen LogP) is 4.00. The van der Waals surface area contributed by atoms with Crippen molar-refractivity contribution < 1.29 is 14.3 Å². The number of nitrogens with zero attached hydrogens (tertiary/aromatic N) is 6. The lowest BCUT2D eigenvalue weighted by Crippen LogP contribution is -2.44. The second-order valence-electron chi connectivity index (χ2n) is 12.5. The van der Waals surface area contributed by atoms with E-state index in [1.807, 2.05) is 23.1 Å². The van der Waals surface area contributed by atoms with Crippen LogP contribution in [0.5, 0.6) is 5.88 Å². The molecule has 0 radical (unpaired) electrons. The molecule has 3 atom stereocenters. The summed E-state index contributed by atoms with van der Waals surface area (Å²) >= 11 is 0. The Morgan fingerprint density at radius 3 is 2.76 bits per heavy atom. The van der Waals surface area contributed by atoms with Gasteiger partial charge < -0.3 is 29.2 Å². The largest absolute Gasteiger partial charge is 0.481 e. The highest BCUT2D eigenvalue weighted by atomic mass is 16.5. The molecule has 10 nitrogen and oxygen atoms in total. The predicted molar refractivity (Wildman–Crippen MR) is 155 cm³/mol. The molecule has 4 aromatic rings. The molecule has 4 aliphatic rings. The SMILES string of the molecule is CCn1c(-c2nc3cc(C(=O)N4CC5CCC4C5N)cnc3n2CC2CC3(CCCO3)C2)cc2ccc(OC)nc21. The van der Waals surface area contributed by atoms with Gasteiger partial charge in [0, 0.05) is 56.0 Å². The van der Waals surface area contributed by atoms with Gasteiger partial charge in [-0.2, -0.15) is 4.98 Å². The van der Waals surface area contributed by atoms with E-state index in [4.69, 9.17) is 30.2 Å². The molecule has 4 fully saturated rings. The van der Waals surface area contributed by atoms with Gasteiger partial charge >= 0.3 is 0 Å². The fourth-order valence-electron chi connectivity index (χ4n) is 8.13. The van der Waals surface area contributed by atoms with Crippen LogP contribution >= 0.6 is 0 Å². The average molecular weight is 556 g/mol. The molecule has 4 aromatic heterocycles. The molecule has 2 saturated carbocycles. The number of hydrogen-bond acceptors (Lipinski definition) is 7. The van der Waals surface area contributed by atoms with Crippen molar-refractivity contribution in [1.82, 2.24) is 29.0 Å². The number of fused-ring (bicyclic) bond motifs is 4. The molecule has 41 heavy (non-hydrogen) atoms. The second-order valence-corrected chi connectivity index (χ2v) is 12.5. The fourth-order valence-corrected chi connectivity index (χ4v) is 8.13. The molecule has 6 heterocycles. The molecule has 0 aromatic carbocycles. The van der Waals surface area contributed by atoms with Gasteiger partial charge in [-0.15, -0.1) is 0 Å². The number of aryl methyl sites for hydroxylation is 1. The van der Waals surface area contributed by atoms with Gasteiger partial charge in [-0.3, -0.25) is 4.79 Å². The molecule has 10 heteroatoms. The summed E-state index contributed by atoms with van der Waals surface area (Å²) in [6.07, 6.45) is 8.27. The van der Waals surface area contributed by atoms with Gasteiger partial charge in [-0.1, -0.05) is 0 Å². The molecular weight excluding hydrogens is 518 g/mol. The van der Waals surface area contributed by atoms with E-state index >= 15 is 0 Å². The Morgan fingerprint density at radius 2 is 2.05 bits per heavy atom. The lowest BCUT2D eigenvalue weighted by molar-refractivity contribution is -0.0939. The molecule has 2 aliphatic carbocycles. The minimum absolute atomic E-state index is 0.0106. The molecule has 1 amide bonds. The normalized spacial score (nSPS) is 28.8. The van der Waals surface area contributed by atoms with Crippen LogP contribution in [0, 0.1) is 11.8 Å². The molecule has 2 N–H and O–H groups in total. The van der Waals surface area contributed by atoms with Crippen LogP contribution in [0.4, 0.5) is 0 Å². The molecule has 1 spiro atoms. The number of piperidine rings is 1. The number of pyridine rings is 2. The van der Waals surface area contributed by atoms with Gasteiger partial charge in [-0.25, -0.2) is 9.97 Å². The lowest BCUT2D eigenvalue weighted by atomic mass is 9.69. The second kappa shape index (κ2) is 9.25. The third-order valence-corrected chi connectivity index (χ3v) is 10.2. The summed E-state index contributed by atoms with van der Waals surface area (Å²) in [5.74, 6) is 2.35. The third kappa shape index (κ3) is 3.83. The zero-order chi connectivity index (χ0) is 27.9. The maximum atomic E-state index is 13.6. The number of hydrogen-bond donors (Lipinski definition) is 1. The van der Waals surface area contributed by atoms with Crippen LogP contribution in [0.2, 0.25) is 0 Å². The highest BCUT2D eigenvalue weighted by Crippen LogP contribution is 2.48. The Hall–Kier alpha value is -3.50. The zero-order valence-corrected chi connectivity index (χ0v) is 23.8. The third-order valence-electron chi connectivity index (χ3n) is 10.2. The highest BCUT2D eigenvalue weighted by Gasteiger charge is 2.48. The summed E-state index contributed by atoms with van der Waals surface area (Å²) in [5, 5.41) is 1.03. The topological polar surface area (TPSA) is 113 Å². The van der Waals surface area contributed by atoms with Crippen LogP contribution in [0.15, 0.2) is 30.5 Å². The number of imidazole rings is 1. The van der Waals surface area contributed by atoms with Gasteiger partial charge in [-0.05, 0) is 75.5 Å². The van der Waals surface area contributed by atoms with Crippen LogP contribution in [-0.4, -0.2) is 72.8 Å². The number of likely N-dealkylation sites (tertiary alicyclic amines) is 1. The first-order valence-electron chi connectivity index (χ1n) is 15.1. The number of aromatic nitrogens is 5. The number of rotatable bonds is 6. The zero-order valence-electron chi connectivity index (χ0n) is 23.8. The highest BCUT2D eigenvalue weighted by molar-refractivity contribution is 5.97. The number of carbonyl (C=O) groups is 1. The fraction of sp³-hybridized carbons (Fsp3) is 0.548. The summed E-state index contributed by atoms with van der Waals surface area (Å²) in [6, 6.07) is 8.22. The number of ether oxygens (including phenoxy) is 2. The monoisotopic (exact) mass is 555 g/mol. The Bertz CT molecular complexity index is 1660. The molecule has 2 bridgehead atoms. The Balaban J connectivity index is 1.21. The van der Waals surface area contributed by atoms with Gasteiger partial charge in [0.1, 0.15) is 11.2 Å². The van der Waals surface area contributed by atoms with Crippen molar-refractivity contribution in [2.24, 2.45) is 17.6 Å². The van der Waals surface area contributed by atoms with Crippen molar-refractivity contribution >= 4 is 28.1 Å². The first-order valence-corrected chi connectivity index (χ1v) is 15.1. The summed E-state index contributed by atoms with van der Waals surface area (Å²) in [6.45, 7) is 5.27. The van der Waals surface area contributed by atoms with Gasteiger partial charge in [0.2, 0.25) is 5.88 Å². The standard InChI is InChI=1S/C31H37N7O3/c1-3-36-24(12-19-6-8-25(40-2)35-27(19)36)29-34-22-11-21(30(39)37-17-20-5-7-23(37)26(20)32)15-33-28(22)38(29)16-18-13-31(14-18)9-4-10-41-31/h6,8,11-12,15,18,20,23,26H,3-5,7,9-10,13-14,16-17,32H2,1-2H3. The molecule has 214 valence electrons. The summed E-state index contributed by atoms with van der Waals surface area (Å²) in [7, 11) is 1.64. The average Bonchev–Trinajstić information content (AvgIpc) is 3.80. The van der Waals surface area contributed by atoms with E-state index in [9.17, 15) is 4.79 Å². The van der Waals surface area contributed by atoms with Gasteiger partial charge in [0.05, 0.1) is 24.0 Å². The van der Waals surface area contributed by atoms with Crippen molar-refractivity contribution in [2.75, 3.05) is 20.3 Å². The van der Waals surface area contributed by atoms with E-state index in [1.54, 1.807) is 13.3 Å². The molecule has 2 aliphatic heterocycles. The Kier molecular flexibility index (Phi) is 5.69. The van der Waals surface area contributed by atoms with E-state index in [1.165, 1.54) is 0 Å². The smallest absolute Gasteiger partial charge is 0.255 e. The van der Waals surface area contributed by atoms with E-state index < -0.39 is 0 Å². The van der Waals surface area contributed by atoms with Crippen LogP contribution in [-0.2, 0) is 17.8 Å². The quantitative estimate of drug-likeness (QED) is 0.383. The van der Waals surface area contributed by atoms with Gasteiger partial charge in [0.15, 0.2) is 11.5 Å².